The molecule has 62 heavy (non-hydrogen) atoms. The van der Waals surface area contributed by atoms with Crippen LogP contribution in [0.5, 0.6) is 0 Å². The third-order valence-corrected chi connectivity index (χ3v) is 15.4. The van der Waals surface area contributed by atoms with Crippen LogP contribution in [0.4, 0.5) is 0 Å². The molecule has 5 unspecified atom stereocenters. The van der Waals surface area contributed by atoms with Crippen LogP contribution in [0.3, 0.4) is 0 Å². The zero-order chi connectivity index (χ0) is 46.1. The monoisotopic (exact) mass is 882 g/mol. The Kier molecular flexibility index (Phi) is 18.1. The second-order valence-corrected chi connectivity index (χ2v) is 19.2. The summed E-state index contributed by atoms with van der Waals surface area (Å²) in [6, 6.07) is -1.30. The van der Waals surface area contributed by atoms with Crippen LogP contribution >= 0.6 is 0 Å². The van der Waals surface area contributed by atoms with Crippen LogP contribution in [-0.4, -0.2) is 174 Å². The van der Waals surface area contributed by atoms with Gasteiger partial charge >= 0.3 is 35.8 Å². The highest BCUT2D eigenvalue weighted by Crippen LogP contribution is 2.68. The third-order valence-electron chi connectivity index (χ3n) is 15.4. The summed E-state index contributed by atoms with van der Waals surface area (Å²) in [5.74, 6) is -6.65. The van der Waals surface area contributed by atoms with Crippen molar-refractivity contribution in [1.29, 1.82) is 0 Å². The van der Waals surface area contributed by atoms with Gasteiger partial charge in [-0.2, -0.15) is 0 Å². The minimum atomic E-state index is -1.29. The molecule has 4 fully saturated rings. The van der Waals surface area contributed by atoms with Gasteiger partial charge in [0.1, 0.15) is 6.04 Å². The molecule has 12 atom stereocenters. The number of nitrogens with one attached hydrogen (secondary N) is 1. The van der Waals surface area contributed by atoms with E-state index in [0.29, 0.717) is 38.5 Å². The first-order chi connectivity index (χ1) is 29.1. The predicted molar refractivity (Wildman–Crippen MR) is 221 cm³/mol. The van der Waals surface area contributed by atoms with E-state index in [1.54, 1.807) is 0 Å². The summed E-state index contributed by atoms with van der Waals surface area (Å²) in [4.78, 5) is 86.4. The van der Waals surface area contributed by atoms with Gasteiger partial charge in [-0.05, 0) is 111 Å². The molecular formula is C43H70N4O15. The molecule has 0 radical (unpaired) electrons. The normalized spacial score (nSPS) is 31.4. The number of aliphatic hydroxyl groups excluding tert-OH is 2. The summed E-state index contributed by atoms with van der Waals surface area (Å²) >= 11 is 0. The van der Waals surface area contributed by atoms with Crippen molar-refractivity contribution in [2.45, 2.75) is 129 Å². The molecule has 19 heteroatoms. The fraction of sp³-hybridized carbons (Fsp3) is 0.837. The third kappa shape index (κ3) is 12.9. The van der Waals surface area contributed by atoms with E-state index < -0.39 is 85.7 Å². The molecule has 4 aliphatic rings. The van der Waals surface area contributed by atoms with E-state index >= 15 is 0 Å². The Morgan fingerprint density at radius 2 is 1.23 bits per heavy atom. The van der Waals surface area contributed by atoms with Crippen molar-refractivity contribution < 1.29 is 74.4 Å². The Morgan fingerprint density at radius 3 is 1.74 bits per heavy atom. The van der Waals surface area contributed by atoms with Gasteiger partial charge in [-0.15, -0.1) is 0 Å². The van der Waals surface area contributed by atoms with Crippen LogP contribution in [-0.2, 0) is 33.6 Å². The highest BCUT2D eigenvalue weighted by Gasteiger charge is 2.65. The van der Waals surface area contributed by atoms with Crippen molar-refractivity contribution in [2.75, 3.05) is 52.4 Å². The first-order valence-corrected chi connectivity index (χ1v) is 22.2. The molecule has 0 heterocycles. The molecule has 19 nitrogen and oxygen atoms in total. The van der Waals surface area contributed by atoms with Gasteiger partial charge in [0.15, 0.2) is 0 Å². The topological polar surface area (TPSA) is 303 Å². The Balaban J connectivity index is 1.34. The van der Waals surface area contributed by atoms with E-state index in [9.17, 15) is 74.4 Å². The van der Waals surface area contributed by atoms with Crippen LogP contribution in [0.2, 0.25) is 0 Å². The molecule has 0 aromatic heterocycles. The largest absolute Gasteiger partial charge is 0.481 e. The minimum absolute atomic E-state index is 0.0415. The van der Waals surface area contributed by atoms with Crippen LogP contribution in [0.1, 0.15) is 104 Å². The summed E-state index contributed by atoms with van der Waals surface area (Å²) in [7, 11) is 0. The Hall–Kier alpha value is -3.91. The maximum Gasteiger partial charge on any atom is 0.320 e. The molecule has 0 bridgehead atoms. The maximum absolute atomic E-state index is 13.3. The van der Waals surface area contributed by atoms with E-state index in [-0.39, 0.29) is 98.3 Å². The molecule has 4 rings (SSSR count). The number of hydrogen-bond donors (Lipinski definition) is 9. The second kappa shape index (κ2) is 22.1. The van der Waals surface area contributed by atoms with E-state index in [0.717, 1.165) is 35.5 Å². The standard InChI is InChI=1S/C43H70N4O15/c1-25(8-11-35(51)52)28-9-10-29-40-30(20-33(49)43(28,29)3)42(2)13-12-27(18-26(42)19-32(40)48)44-34(50)7-5-4-6-31(41(61)62)47(16-14-45(21-36(53)54)22-37(55)56)17-15-46(23-38(57)58)24-39(59)60/h25-33,40,48-49H,4-24H2,1-3H3,(H,44,50)(H,51,52)(H,53,54)(H,55,56)(H,57,58)(H,59,60)(H,61,62)/t25?,26?,27-,28+,29?,30?,31+,32+,33-,40?,42-,43+/m0/s1. The summed E-state index contributed by atoms with van der Waals surface area (Å²) in [6.07, 6.45) is 5.59. The number of amides is 1. The molecular weight excluding hydrogens is 812 g/mol. The summed E-state index contributed by atoms with van der Waals surface area (Å²) in [5.41, 5.74) is -0.526. The number of hydrogen-bond acceptors (Lipinski definition) is 12. The number of carboxylic acids is 6. The Labute approximate surface area is 362 Å². The lowest BCUT2D eigenvalue weighted by Gasteiger charge is -2.63. The molecule has 0 aromatic rings. The van der Waals surface area contributed by atoms with Crippen LogP contribution in [0.25, 0.3) is 0 Å². The zero-order valence-electron chi connectivity index (χ0n) is 36.4. The van der Waals surface area contributed by atoms with Crippen molar-refractivity contribution in [3.05, 3.63) is 0 Å². The second-order valence-electron chi connectivity index (χ2n) is 19.2. The number of carboxylic acid groups (broad SMARTS) is 6. The van der Waals surface area contributed by atoms with Gasteiger partial charge in [0.05, 0.1) is 38.4 Å². The smallest absolute Gasteiger partial charge is 0.320 e. The van der Waals surface area contributed by atoms with E-state index in [4.69, 9.17) is 0 Å². The van der Waals surface area contributed by atoms with Crippen molar-refractivity contribution in [3.63, 3.8) is 0 Å². The van der Waals surface area contributed by atoms with Crippen molar-refractivity contribution in [1.82, 2.24) is 20.0 Å². The number of carbonyl (C=O) groups excluding carboxylic acids is 1. The molecule has 1 amide bonds. The van der Waals surface area contributed by atoms with E-state index in [1.165, 1.54) is 4.90 Å². The van der Waals surface area contributed by atoms with Crippen LogP contribution in [0.15, 0.2) is 0 Å². The maximum atomic E-state index is 13.3. The van der Waals surface area contributed by atoms with Gasteiger partial charge in [-0.25, -0.2) is 0 Å². The number of nitrogens with zero attached hydrogens (tertiary/aromatic N) is 3. The Morgan fingerprint density at radius 1 is 0.661 bits per heavy atom. The Bertz CT molecular complexity index is 1540. The van der Waals surface area contributed by atoms with Gasteiger partial charge in [0.25, 0.3) is 0 Å². The van der Waals surface area contributed by atoms with E-state index in [1.807, 2.05) is 0 Å². The number of fused-ring (bicyclic) bond motifs is 5. The minimum Gasteiger partial charge on any atom is -0.481 e. The van der Waals surface area contributed by atoms with Crippen molar-refractivity contribution >= 4 is 41.7 Å². The number of unbranched alkanes of at least 4 members (excludes halogenated alkanes) is 1. The highest BCUT2D eigenvalue weighted by molar-refractivity contribution is 5.76. The molecule has 0 saturated heterocycles. The molecule has 0 aliphatic heterocycles. The zero-order valence-corrected chi connectivity index (χ0v) is 36.4. The van der Waals surface area contributed by atoms with Crippen LogP contribution in [0, 0.1) is 46.3 Å². The number of rotatable bonds is 26. The number of carbonyl (C=O) groups is 7. The van der Waals surface area contributed by atoms with Gasteiger partial charge in [-0.3, -0.25) is 48.3 Å². The molecule has 4 aliphatic carbocycles. The first kappa shape index (κ1) is 50.7. The van der Waals surface area contributed by atoms with Gasteiger partial charge in [0, 0.05) is 45.1 Å². The van der Waals surface area contributed by atoms with Crippen LogP contribution < -0.4 is 5.32 Å². The fourth-order valence-electron chi connectivity index (χ4n) is 12.4. The first-order valence-electron chi connectivity index (χ1n) is 22.2. The quantitative estimate of drug-likeness (QED) is 0.0560. The molecule has 9 N–H and O–H groups in total. The lowest BCUT2D eigenvalue weighted by molar-refractivity contribution is -0.202. The SMILES string of the molecule is CC(CCC(=O)O)[C@H]1CCC2C3C(C[C@H](O)[C@@]21C)[C@@]1(C)CC[C@H](NC(=O)CCCC[C@H](C(=O)O)N(CCN(CC(=O)O)CC(=O)O)CCN(CC(=O)O)CC(=O)O)CC1C[C@H]3O. The molecule has 0 aromatic carbocycles. The van der Waals surface area contributed by atoms with Gasteiger partial charge in [0.2, 0.25) is 5.91 Å². The summed E-state index contributed by atoms with van der Waals surface area (Å²) < 4.78 is 0. The summed E-state index contributed by atoms with van der Waals surface area (Å²) in [5, 5.41) is 83.5. The van der Waals surface area contributed by atoms with Gasteiger partial charge < -0.3 is 46.2 Å². The lowest BCUT2D eigenvalue weighted by Crippen LogP contribution is -2.63. The van der Waals surface area contributed by atoms with E-state index in [2.05, 4.69) is 26.1 Å². The van der Waals surface area contributed by atoms with Crippen molar-refractivity contribution in [3.8, 4) is 0 Å². The number of aliphatic hydroxyl groups is 2. The summed E-state index contributed by atoms with van der Waals surface area (Å²) in [6.45, 7) is 3.50. The highest BCUT2D eigenvalue weighted by atomic mass is 16.4. The average Bonchev–Trinajstić information content (AvgIpc) is 3.52. The predicted octanol–water partition coefficient (Wildman–Crippen LogP) is 1.83. The molecule has 0 spiro atoms. The molecule has 352 valence electrons. The number of aliphatic carboxylic acids is 6. The fourth-order valence-corrected chi connectivity index (χ4v) is 12.4. The average molecular weight is 883 g/mol. The van der Waals surface area contributed by atoms with Crippen molar-refractivity contribution in [2.24, 2.45) is 46.3 Å². The van der Waals surface area contributed by atoms with Gasteiger partial charge in [-0.1, -0.05) is 27.2 Å². The molecule has 4 saturated carbocycles. The lowest BCUT2D eigenvalue weighted by atomic mass is 9.43.